The summed E-state index contributed by atoms with van der Waals surface area (Å²) in [5, 5.41) is 3.21. The first-order chi connectivity index (χ1) is 7.24. The fourth-order valence-corrected chi connectivity index (χ4v) is 2.37. The monoisotopic (exact) mass is 212 g/mol. The molecule has 2 atom stereocenters. The van der Waals surface area contributed by atoms with E-state index in [1.165, 1.54) is 51.9 Å². The van der Waals surface area contributed by atoms with Crippen LogP contribution in [0.3, 0.4) is 0 Å². The molecular weight excluding hydrogens is 184 g/mol. The van der Waals surface area contributed by atoms with Crippen LogP contribution in [-0.2, 0) is 0 Å². The minimum absolute atomic E-state index is 0.899. The third-order valence-electron chi connectivity index (χ3n) is 3.82. The minimum Gasteiger partial charge on any atom is -0.320 e. The third-order valence-corrected chi connectivity index (χ3v) is 3.82. The average molecular weight is 212 g/mol. The Bertz CT molecular complexity index is 159. The summed E-state index contributed by atoms with van der Waals surface area (Å²) in [6.07, 6.45) is 5.48. The van der Waals surface area contributed by atoms with Gasteiger partial charge in [-0.05, 0) is 57.8 Å². The Morgan fingerprint density at radius 3 is 2.60 bits per heavy atom. The number of nitrogens with one attached hydrogen (secondary N) is 1. The first-order valence-corrected chi connectivity index (χ1v) is 6.61. The van der Waals surface area contributed by atoms with E-state index in [1.54, 1.807) is 0 Å². The molecule has 1 heterocycles. The fourth-order valence-electron chi connectivity index (χ4n) is 2.37. The lowest BCUT2D eigenvalue weighted by Crippen LogP contribution is -2.38. The van der Waals surface area contributed by atoms with Crippen molar-refractivity contribution in [3.63, 3.8) is 0 Å². The van der Waals surface area contributed by atoms with Crippen molar-refractivity contribution in [3.8, 4) is 0 Å². The van der Waals surface area contributed by atoms with E-state index >= 15 is 0 Å². The van der Waals surface area contributed by atoms with Gasteiger partial charge >= 0.3 is 0 Å². The van der Waals surface area contributed by atoms with Gasteiger partial charge in [-0.1, -0.05) is 20.3 Å². The Labute approximate surface area is 95.4 Å². The van der Waals surface area contributed by atoms with Crippen LogP contribution < -0.4 is 5.32 Å². The highest BCUT2D eigenvalue weighted by Gasteiger charge is 2.21. The van der Waals surface area contributed by atoms with Gasteiger partial charge in [0, 0.05) is 6.54 Å². The molecule has 1 saturated heterocycles. The van der Waals surface area contributed by atoms with E-state index in [-0.39, 0.29) is 0 Å². The third kappa shape index (κ3) is 4.98. The summed E-state index contributed by atoms with van der Waals surface area (Å²) in [6.45, 7) is 9.95. The lowest BCUT2D eigenvalue weighted by atomic mass is 9.88. The number of nitrogens with zero attached hydrogens (tertiary/aromatic N) is 1. The standard InChI is InChI=1S/C13H28N2/c1-12-7-10-15(11-13(12)2)9-6-4-5-8-14-3/h12-14H,4-11H2,1-3H3. The first-order valence-electron chi connectivity index (χ1n) is 6.61. The molecule has 0 aromatic heterocycles. The number of hydrogen-bond donors (Lipinski definition) is 1. The number of rotatable bonds is 6. The van der Waals surface area contributed by atoms with Crippen molar-refractivity contribution >= 4 is 0 Å². The van der Waals surface area contributed by atoms with E-state index in [0.29, 0.717) is 0 Å². The van der Waals surface area contributed by atoms with Crippen LogP contribution in [-0.4, -0.2) is 38.1 Å². The van der Waals surface area contributed by atoms with Gasteiger partial charge in [0.15, 0.2) is 0 Å². The second-order valence-electron chi connectivity index (χ2n) is 5.21. The molecule has 2 heteroatoms. The molecule has 0 radical (unpaired) electrons. The van der Waals surface area contributed by atoms with Gasteiger partial charge in [0.05, 0.1) is 0 Å². The van der Waals surface area contributed by atoms with E-state index in [4.69, 9.17) is 0 Å². The molecule has 1 N–H and O–H groups in total. The van der Waals surface area contributed by atoms with Crippen molar-refractivity contribution in [2.24, 2.45) is 11.8 Å². The smallest absolute Gasteiger partial charge is 0.000957 e. The second-order valence-corrected chi connectivity index (χ2v) is 5.21. The maximum Gasteiger partial charge on any atom is 0.000957 e. The maximum absolute atomic E-state index is 3.21. The molecule has 0 aromatic rings. The van der Waals surface area contributed by atoms with Crippen LogP contribution >= 0.6 is 0 Å². The maximum atomic E-state index is 3.21. The predicted octanol–water partition coefficient (Wildman–Crippen LogP) is 2.35. The predicted molar refractivity (Wildman–Crippen MR) is 67.2 cm³/mol. The molecule has 1 fully saturated rings. The van der Waals surface area contributed by atoms with Crippen LogP contribution in [0.2, 0.25) is 0 Å². The minimum atomic E-state index is 0.899. The molecule has 2 unspecified atom stereocenters. The SMILES string of the molecule is CNCCCCCN1CCC(C)C(C)C1. The van der Waals surface area contributed by atoms with Gasteiger partial charge in [-0.3, -0.25) is 0 Å². The van der Waals surface area contributed by atoms with E-state index in [1.807, 2.05) is 7.05 Å². The van der Waals surface area contributed by atoms with Crippen molar-refractivity contribution in [3.05, 3.63) is 0 Å². The van der Waals surface area contributed by atoms with E-state index in [9.17, 15) is 0 Å². The Kier molecular flexibility index (Phi) is 6.26. The highest BCUT2D eigenvalue weighted by molar-refractivity contribution is 4.74. The summed E-state index contributed by atoms with van der Waals surface area (Å²) < 4.78 is 0. The number of hydrogen-bond acceptors (Lipinski definition) is 2. The highest BCUT2D eigenvalue weighted by atomic mass is 15.1. The summed E-state index contributed by atoms with van der Waals surface area (Å²) in [7, 11) is 2.04. The number of likely N-dealkylation sites (tertiary alicyclic amines) is 1. The van der Waals surface area contributed by atoms with Crippen molar-refractivity contribution in [2.45, 2.75) is 39.5 Å². The first kappa shape index (κ1) is 13.0. The van der Waals surface area contributed by atoms with Gasteiger partial charge in [0.1, 0.15) is 0 Å². The summed E-state index contributed by atoms with van der Waals surface area (Å²) >= 11 is 0. The Morgan fingerprint density at radius 1 is 1.13 bits per heavy atom. The molecule has 0 aliphatic carbocycles. The molecule has 0 bridgehead atoms. The molecule has 0 aromatic carbocycles. The number of piperidine rings is 1. The fraction of sp³-hybridized carbons (Fsp3) is 1.00. The quantitative estimate of drug-likeness (QED) is 0.680. The molecule has 15 heavy (non-hydrogen) atoms. The van der Waals surface area contributed by atoms with Crippen LogP contribution in [0.15, 0.2) is 0 Å². The van der Waals surface area contributed by atoms with Crippen LogP contribution in [0.5, 0.6) is 0 Å². The molecular formula is C13H28N2. The van der Waals surface area contributed by atoms with Gasteiger partial charge < -0.3 is 10.2 Å². The molecule has 90 valence electrons. The molecule has 1 aliphatic rings. The lowest BCUT2D eigenvalue weighted by molar-refractivity contribution is 0.136. The highest BCUT2D eigenvalue weighted by Crippen LogP contribution is 2.22. The van der Waals surface area contributed by atoms with Gasteiger partial charge in [-0.2, -0.15) is 0 Å². The molecule has 0 spiro atoms. The van der Waals surface area contributed by atoms with Crippen LogP contribution in [0.1, 0.15) is 39.5 Å². The van der Waals surface area contributed by atoms with Crippen molar-refractivity contribution in [2.75, 3.05) is 33.2 Å². The van der Waals surface area contributed by atoms with Gasteiger partial charge in [0.25, 0.3) is 0 Å². The Morgan fingerprint density at radius 2 is 1.93 bits per heavy atom. The summed E-state index contributed by atoms with van der Waals surface area (Å²) in [5.41, 5.74) is 0. The van der Waals surface area contributed by atoms with Crippen LogP contribution in [0.25, 0.3) is 0 Å². The van der Waals surface area contributed by atoms with Crippen LogP contribution in [0, 0.1) is 11.8 Å². The summed E-state index contributed by atoms with van der Waals surface area (Å²) in [6, 6.07) is 0. The van der Waals surface area contributed by atoms with Crippen molar-refractivity contribution < 1.29 is 0 Å². The largest absolute Gasteiger partial charge is 0.320 e. The van der Waals surface area contributed by atoms with E-state index in [2.05, 4.69) is 24.1 Å². The Hall–Kier alpha value is -0.0800. The lowest BCUT2D eigenvalue weighted by Gasteiger charge is -2.35. The summed E-state index contributed by atoms with van der Waals surface area (Å²) in [4.78, 5) is 2.66. The number of unbranched alkanes of at least 4 members (excludes halogenated alkanes) is 2. The van der Waals surface area contributed by atoms with Crippen molar-refractivity contribution in [1.29, 1.82) is 0 Å². The molecule has 0 saturated carbocycles. The zero-order valence-electron chi connectivity index (χ0n) is 10.8. The van der Waals surface area contributed by atoms with Gasteiger partial charge in [-0.15, -0.1) is 0 Å². The zero-order valence-corrected chi connectivity index (χ0v) is 10.8. The second kappa shape index (κ2) is 7.24. The molecule has 0 amide bonds. The molecule has 2 nitrogen and oxygen atoms in total. The van der Waals surface area contributed by atoms with Crippen molar-refractivity contribution in [1.82, 2.24) is 10.2 Å². The molecule has 1 aliphatic heterocycles. The van der Waals surface area contributed by atoms with Gasteiger partial charge in [-0.25, -0.2) is 0 Å². The van der Waals surface area contributed by atoms with Crippen LogP contribution in [0.4, 0.5) is 0 Å². The zero-order chi connectivity index (χ0) is 11.1. The van der Waals surface area contributed by atoms with E-state index in [0.717, 1.165) is 11.8 Å². The average Bonchev–Trinajstić information content (AvgIpc) is 2.23. The molecule has 1 rings (SSSR count). The van der Waals surface area contributed by atoms with Gasteiger partial charge in [0.2, 0.25) is 0 Å². The van der Waals surface area contributed by atoms with E-state index < -0.39 is 0 Å². The Balaban J connectivity index is 2.02. The summed E-state index contributed by atoms with van der Waals surface area (Å²) in [5.74, 6) is 1.83. The topological polar surface area (TPSA) is 15.3 Å². The normalized spacial score (nSPS) is 28.2.